The molecule has 14 heavy (non-hydrogen) atoms. The van der Waals surface area contributed by atoms with Crippen LogP contribution in [0.15, 0.2) is 18.2 Å². The molecule has 1 aromatic carbocycles. The molecule has 0 aliphatic heterocycles. The summed E-state index contributed by atoms with van der Waals surface area (Å²) in [7, 11) is 0. The Balaban J connectivity index is 2.75. The van der Waals surface area contributed by atoms with E-state index >= 15 is 0 Å². The first-order valence-electron chi connectivity index (χ1n) is 4.00. The van der Waals surface area contributed by atoms with Crippen LogP contribution in [0.4, 0.5) is 4.39 Å². The highest BCUT2D eigenvalue weighted by Crippen LogP contribution is 2.15. The van der Waals surface area contributed by atoms with Gasteiger partial charge in [0.25, 0.3) is 0 Å². The van der Waals surface area contributed by atoms with Crippen molar-refractivity contribution in [1.29, 1.82) is 5.26 Å². The molecule has 0 N–H and O–H groups in total. The van der Waals surface area contributed by atoms with Crippen molar-refractivity contribution in [1.82, 2.24) is 0 Å². The lowest BCUT2D eigenvalue weighted by atomic mass is 10.2. The largest absolute Gasteiger partial charge is 0.481 e. The summed E-state index contributed by atoms with van der Waals surface area (Å²) in [5.74, 6) is 5.14. The highest BCUT2D eigenvalue weighted by atomic mass is 19.1. The summed E-state index contributed by atoms with van der Waals surface area (Å²) in [5, 5.41) is 8.47. The van der Waals surface area contributed by atoms with E-state index < -0.39 is 5.82 Å². The summed E-state index contributed by atoms with van der Waals surface area (Å²) in [6.45, 7) is 1.92. The molecule has 0 saturated carbocycles. The molecular formula is C11H8FNO. The van der Waals surface area contributed by atoms with Gasteiger partial charge in [-0.25, -0.2) is 4.39 Å². The van der Waals surface area contributed by atoms with Crippen molar-refractivity contribution < 1.29 is 9.13 Å². The van der Waals surface area contributed by atoms with Crippen LogP contribution < -0.4 is 4.74 Å². The minimum Gasteiger partial charge on any atom is -0.481 e. The van der Waals surface area contributed by atoms with E-state index in [2.05, 4.69) is 11.8 Å². The maximum atomic E-state index is 13.0. The average Bonchev–Trinajstić information content (AvgIpc) is 2.18. The molecule has 70 valence electrons. The third-order valence-electron chi connectivity index (χ3n) is 1.55. The van der Waals surface area contributed by atoms with Crippen LogP contribution in [0, 0.1) is 29.0 Å². The Morgan fingerprint density at radius 1 is 1.50 bits per heavy atom. The van der Waals surface area contributed by atoms with Gasteiger partial charge in [0.1, 0.15) is 24.2 Å². The van der Waals surface area contributed by atoms with E-state index in [4.69, 9.17) is 10.00 Å². The molecule has 0 heterocycles. The first kappa shape index (κ1) is 10.1. The highest BCUT2D eigenvalue weighted by molar-refractivity contribution is 5.36. The van der Waals surface area contributed by atoms with Gasteiger partial charge in [-0.1, -0.05) is 5.92 Å². The Morgan fingerprint density at radius 3 is 2.86 bits per heavy atom. The van der Waals surface area contributed by atoms with E-state index in [1.165, 1.54) is 12.1 Å². The molecule has 0 aliphatic carbocycles. The van der Waals surface area contributed by atoms with E-state index in [0.29, 0.717) is 5.75 Å². The fourth-order valence-electron chi connectivity index (χ4n) is 0.868. The normalized spacial score (nSPS) is 8.36. The summed E-state index contributed by atoms with van der Waals surface area (Å²) in [5.41, 5.74) is 0.0129. The SMILES string of the molecule is CC#CCOc1ccc(C#N)c(F)c1. The molecule has 0 bridgehead atoms. The molecule has 1 aromatic rings. The maximum Gasteiger partial charge on any atom is 0.149 e. The predicted molar refractivity (Wildman–Crippen MR) is 50.1 cm³/mol. The molecule has 0 aliphatic rings. The van der Waals surface area contributed by atoms with Crippen LogP contribution in [0.1, 0.15) is 12.5 Å². The van der Waals surface area contributed by atoms with E-state index in [1.54, 1.807) is 19.1 Å². The molecule has 0 spiro atoms. The molecule has 1 rings (SSSR count). The summed E-state index contributed by atoms with van der Waals surface area (Å²) >= 11 is 0. The van der Waals surface area contributed by atoms with Crippen LogP contribution in [-0.4, -0.2) is 6.61 Å². The van der Waals surface area contributed by atoms with Gasteiger partial charge in [0, 0.05) is 6.07 Å². The summed E-state index contributed by atoms with van der Waals surface area (Å²) in [6, 6.07) is 5.83. The highest BCUT2D eigenvalue weighted by Gasteiger charge is 2.02. The second-order valence-corrected chi connectivity index (χ2v) is 2.47. The first-order valence-corrected chi connectivity index (χ1v) is 4.00. The van der Waals surface area contributed by atoms with Crippen LogP contribution in [-0.2, 0) is 0 Å². The van der Waals surface area contributed by atoms with Gasteiger partial charge in [0.15, 0.2) is 0 Å². The van der Waals surface area contributed by atoms with Crippen molar-refractivity contribution in [3.05, 3.63) is 29.6 Å². The Bertz CT molecular complexity index is 423. The van der Waals surface area contributed by atoms with E-state index in [0.717, 1.165) is 0 Å². The fourth-order valence-corrected chi connectivity index (χ4v) is 0.868. The van der Waals surface area contributed by atoms with Crippen molar-refractivity contribution in [2.24, 2.45) is 0 Å². The van der Waals surface area contributed by atoms with Crippen LogP contribution in [0.3, 0.4) is 0 Å². The predicted octanol–water partition coefficient (Wildman–Crippen LogP) is 2.10. The summed E-state index contributed by atoms with van der Waals surface area (Å²) in [4.78, 5) is 0. The molecule has 0 atom stereocenters. The zero-order chi connectivity index (χ0) is 10.4. The van der Waals surface area contributed by atoms with Gasteiger partial charge in [-0.05, 0) is 19.1 Å². The molecule has 0 fully saturated rings. The lowest BCUT2D eigenvalue weighted by Gasteiger charge is -2.01. The molecule has 0 radical (unpaired) electrons. The second kappa shape index (κ2) is 4.89. The summed E-state index contributed by atoms with van der Waals surface area (Å²) in [6.07, 6.45) is 0. The molecule has 2 nitrogen and oxygen atoms in total. The molecule has 0 amide bonds. The van der Waals surface area contributed by atoms with Gasteiger partial charge in [-0.15, -0.1) is 5.92 Å². The van der Waals surface area contributed by atoms with Crippen molar-refractivity contribution >= 4 is 0 Å². The Labute approximate surface area is 81.9 Å². The number of nitrogens with zero attached hydrogens (tertiary/aromatic N) is 1. The molecule has 0 aromatic heterocycles. The minimum atomic E-state index is -0.575. The Kier molecular flexibility index (Phi) is 3.52. The monoisotopic (exact) mass is 189 g/mol. The van der Waals surface area contributed by atoms with Crippen molar-refractivity contribution in [2.45, 2.75) is 6.92 Å². The number of hydrogen-bond donors (Lipinski definition) is 0. The third-order valence-corrected chi connectivity index (χ3v) is 1.55. The zero-order valence-electron chi connectivity index (χ0n) is 7.67. The molecule has 3 heteroatoms. The van der Waals surface area contributed by atoms with Gasteiger partial charge in [0.05, 0.1) is 5.56 Å². The van der Waals surface area contributed by atoms with Crippen molar-refractivity contribution in [3.8, 4) is 23.7 Å². The number of benzene rings is 1. The standard InChI is InChI=1S/C11H8FNO/c1-2-3-6-14-10-5-4-9(8-13)11(12)7-10/h4-5,7H,6H2,1H3. The molecular weight excluding hydrogens is 181 g/mol. The number of halogens is 1. The van der Waals surface area contributed by atoms with E-state index in [1.807, 2.05) is 0 Å². The van der Waals surface area contributed by atoms with Crippen molar-refractivity contribution in [2.75, 3.05) is 6.61 Å². The topological polar surface area (TPSA) is 33.0 Å². The Hall–Kier alpha value is -2.00. The van der Waals surface area contributed by atoms with Gasteiger partial charge < -0.3 is 4.74 Å². The van der Waals surface area contributed by atoms with Gasteiger partial charge >= 0.3 is 0 Å². The van der Waals surface area contributed by atoms with Crippen molar-refractivity contribution in [3.63, 3.8) is 0 Å². The van der Waals surface area contributed by atoms with Crippen LogP contribution in [0.2, 0.25) is 0 Å². The Morgan fingerprint density at radius 2 is 2.29 bits per heavy atom. The smallest absolute Gasteiger partial charge is 0.149 e. The lowest BCUT2D eigenvalue weighted by Crippen LogP contribution is -1.95. The second-order valence-electron chi connectivity index (χ2n) is 2.47. The zero-order valence-corrected chi connectivity index (χ0v) is 7.67. The van der Waals surface area contributed by atoms with Gasteiger partial charge in [0.2, 0.25) is 0 Å². The average molecular weight is 189 g/mol. The molecule has 0 saturated heterocycles. The first-order chi connectivity index (χ1) is 6.77. The quantitative estimate of drug-likeness (QED) is 0.667. The van der Waals surface area contributed by atoms with E-state index in [9.17, 15) is 4.39 Å². The number of nitriles is 1. The number of rotatable bonds is 2. The fraction of sp³-hybridized carbons (Fsp3) is 0.182. The van der Waals surface area contributed by atoms with Crippen LogP contribution in [0.25, 0.3) is 0 Å². The van der Waals surface area contributed by atoms with Crippen LogP contribution in [0.5, 0.6) is 5.75 Å². The maximum absolute atomic E-state index is 13.0. The number of hydrogen-bond acceptors (Lipinski definition) is 2. The lowest BCUT2D eigenvalue weighted by molar-refractivity contribution is 0.367. The molecule has 0 unspecified atom stereocenters. The van der Waals surface area contributed by atoms with Gasteiger partial charge in [-0.2, -0.15) is 5.26 Å². The minimum absolute atomic E-state index is 0.0129. The summed E-state index contributed by atoms with van der Waals surface area (Å²) < 4.78 is 18.1. The van der Waals surface area contributed by atoms with Gasteiger partial charge in [-0.3, -0.25) is 0 Å². The van der Waals surface area contributed by atoms with E-state index in [-0.39, 0.29) is 12.2 Å². The third kappa shape index (κ3) is 2.50. The number of ether oxygens (including phenoxy) is 1. The van der Waals surface area contributed by atoms with Crippen LogP contribution >= 0.6 is 0 Å².